The number of halogens is 1. The number of methoxy groups -OCH3 is 1. The predicted octanol–water partition coefficient (Wildman–Crippen LogP) is 3.47. The third-order valence-corrected chi connectivity index (χ3v) is 6.96. The number of carbonyl (C=O) groups excluding carboxylic acids is 2. The number of benzene rings is 1. The SMILES string of the molecule is COc1cc(Cl)c(C)cc1NC(=O)COC(=O)C12C[C@@H]3C[C@@H](CC(O)(C3)C1)C2. The zero-order valence-electron chi connectivity index (χ0n) is 16.2. The number of hydrogen-bond acceptors (Lipinski definition) is 5. The summed E-state index contributed by atoms with van der Waals surface area (Å²) in [5, 5.41) is 14.0. The molecule has 7 heteroatoms. The van der Waals surface area contributed by atoms with Gasteiger partial charge in [-0.15, -0.1) is 0 Å². The van der Waals surface area contributed by atoms with Gasteiger partial charge in [0.1, 0.15) is 5.75 Å². The molecule has 4 fully saturated rings. The van der Waals surface area contributed by atoms with Crippen LogP contribution in [-0.2, 0) is 14.3 Å². The predicted molar refractivity (Wildman–Crippen MR) is 104 cm³/mol. The van der Waals surface area contributed by atoms with Crippen molar-refractivity contribution in [3.05, 3.63) is 22.7 Å². The van der Waals surface area contributed by atoms with Crippen molar-refractivity contribution in [2.75, 3.05) is 19.0 Å². The average molecular weight is 408 g/mol. The normalized spacial score (nSPS) is 32.9. The number of esters is 1. The minimum absolute atomic E-state index is 0.352. The van der Waals surface area contributed by atoms with E-state index in [9.17, 15) is 14.7 Å². The quantitative estimate of drug-likeness (QED) is 0.730. The number of aliphatic hydroxyl groups is 1. The van der Waals surface area contributed by atoms with E-state index in [0.29, 0.717) is 34.7 Å². The second-order valence-electron chi connectivity index (χ2n) is 8.89. The molecular formula is C21H26ClNO5. The molecule has 0 radical (unpaired) electrons. The summed E-state index contributed by atoms with van der Waals surface area (Å²) in [5.41, 5.74) is -0.0844. The number of amides is 1. The Morgan fingerprint density at radius 3 is 2.54 bits per heavy atom. The summed E-state index contributed by atoms with van der Waals surface area (Å²) in [6, 6.07) is 3.35. The Morgan fingerprint density at radius 1 is 1.25 bits per heavy atom. The lowest BCUT2D eigenvalue weighted by atomic mass is 9.48. The van der Waals surface area contributed by atoms with Crippen molar-refractivity contribution in [2.24, 2.45) is 17.3 Å². The van der Waals surface area contributed by atoms with E-state index in [1.54, 1.807) is 12.1 Å². The van der Waals surface area contributed by atoms with Gasteiger partial charge >= 0.3 is 5.97 Å². The van der Waals surface area contributed by atoms with E-state index >= 15 is 0 Å². The molecule has 4 atom stereocenters. The van der Waals surface area contributed by atoms with E-state index in [1.807, 2.05) is 6.92 Å². The van der Waals surface area contributed by atoms with Crippen LogP contribution in [0.3, 0.4) is 0 Å². The molecule has 4 bridgehead atoms. The molecule has 0 spiro atoms. The van der Waals surface area contributed by atoms with Crippen LogP contribution in [0, 0.1) is 24.2 Å². The molecular weight excluding hydrogens is 382 g/mol. The van der Waals surface area contributed by atoms with Gasteiger partial charge in [-0.3, -0.25) is 9.59 Å². The van der Waals surface area contributed by atoms with Crippen LogP contribution >= 0.6 is 11.6 Å². The molecule has 5 rings (SSSR count). The minimum Gasteiger partial charge on any atom is -0.495 e. The molecule has 4 aliphatic rings. The van der Waals surface area contributed by atoms with Gasteiger partial charge in [0.25, 0.3) is 5.91 Å². The summed E-state index contributed by atoms with van der Waals surface area (Å²) < 4.78 is 10.7. The van der Waals surface area contributed by atoms with E-state index in [1.165, 1.54) is 7.11 Å². The third-order valence-electron chi connectivity index (χ3n) is 6.55. The van der Waals surface area contributed by atoms with Gasteiger partial charge < -0.3 is 19.9 Å². The fourth-order valence-electron chi connectivity index (χ4n) is 5.85. The number of aryl methyl sites for hydroxylation is 1. The van der Waals surface area contributed by atoms with E-state index in [4.69, 9.17) is 21.1 Å². The molecule has 2 unspecified atom stereocenters. The molecule has 0 aromatic heterocycles. The van der Waals surface area contributed by atoms with Gasteiger partial charge in [0, 0.05) is 11.1 Å². The average Bonchev–Trinajstić information content (AvgIpc) is 2.60. The van der Waals surface area contributed by atoms with Gasteiger partial charge in [-0.25, -0.2) is 0 Å². The molecule has 28 heavy (non-hydrogen) atoms. The maximum absolute atomic E-state index is 12.9. The molecule has 4 saturated carbocycles. The van der Waals surface area contributed by atoms with Crippen LogP contribution in [0.2, 0.25) is 5.02 Å². The molecule has 0 saturated heterocycles. The summed E-state index contributed by atoms with van der Waals surface area (Å²) in [6.07, 6.45) is 4.64. The highest BCUT2D eigenvalue weighted by Gasteiger charge is 2.60. The first kappa shape index (κ1) is 19.5. The van der Waals surface area contributed by atoms with Crippen LogP contribution in [0.25, 0.3) is 0 Å². The van der Waals surface area contributed by atoms with Gasteiger partial charge in [-0.2, -0.15) is 0 Å². The fourth-order valence-corrected chi connectivity index (χ4v) is 6.01. The summed E-state index contributed by atoms with van der Waals surface area (Å²) in [6.45, 7) is 1.47. The Labute approximate surface area is 169 Å². The molecule has 4 aliphatic carbocycles. The maximum atomic E-state index is 12.9. The molecule has 152 valence electrons. The summed E-state index contributed by atoms with van der Waals surface area (Å²) in [7, 11) is 1.49. The van der Waals surface area contributed by atoms with Gasteiger partial charge in [-0.1, -0.05) is 11.6 Å². The second kappa shape index (κ2) is 6.92. The third kappa shape index (κ3) is 3.48. The van der Waals surface area contributed by atoms with Crippen LogP contribution in [0.5, 0.6) is 5.75 Å². The highest BCUT2D eigenvalue weighted by Crippen LogP contribution is 2.61. The van der Waals surface area contributed by atoms with Crippen molar-refractivity contribution in [3.63, 3.8) is 0 Å². The van der Waals surface area contributed by atoms with Gasteiger partial charge in [0.15, 0.2) is 6.61 Å². The Bertz CT molecular complexity index is 809. The zero-order chi connectivity index (χ0) is 20.1. The first-order valence-electron chi connectivity index (χ1n) is 9.76. The van der Waals surface area contributed by atoms with E-state index < -0.39 is 16.9 Å². The Hall–Kier alpha value is -1.79. The van der Waals surface area contributed by atoms with Gasteiger partial charge in [0.05, 0.1) is 23.8 Å². The highest BCUT2D eigenvalue weighted by atomic mass is 35.5. The second-order valence-corrected chi connectivity index (χ2v) is 9.30. The lowest BCUT2D eigenvalue weighted by Crippen LogP contribution is -2.58. The lowest BCUT2D eigenvalue weighted by molar-refractivity contribution is -0.196. The zero-order valence-corrected chi connectivity index (χ0v) is 17.0. The van der Waals surface area contributed by atoms with Gasteiger partial charge in [-0.05, 0) is 68.9 Å². The van der Waals surface area contributed by atoms with E-state index in [2.05, 4.69) is 5.32 Å². The van der Waals surface area contributed by atoms with Crippen molar-refractivity contribution in [1.29, 1.82) is 0 Å². The maximum Gasteiger partial charge on any atom is 0.312 e. The fraction of sp³-hybridized carbons (Fsp3) is 0.619. The van der Waals surface area contributed by atoms with Crippen LogP contribution in [0.4, 0.5) is 5.69 Å². The topological polar surface area (TPSA) is 84.9 Å². The number of nitrogens with one attached hydrogen (secondary N) is 1. The van der Waals surface area contributed by atoms with Crippen LogP contribution < -0.4 is 10.1 Å². The number of hydrogen-bond donors (Lipinski definition) is 2. The number of rotatable bonds is 5. The molecule has 1 amide bonds. The Balaban J connectivity index is 1.39. The van der Waals surface area contributed by atoms with Crippen LogP contribution in [0.1, 0.15) is 44.1 Å². The first-order chi connectivity index (χ1) is 13.2. The lowest BCUT2D eigenvalue weighted by Gasteiger charge is -2.58. The summed E-state index contributed by atoms with van der Waals surface area (Å²) in [5.74, 6) is 0.424. The standard InChI is InChI=1S/C21H26ClNO5/c1-12-3-16(17(27-2)5-15(12)22)23-18(24)10-28-19(25)20-6-13-4-14(7-20)9-21(26,8-13)11-20/h3,5,13-14,26H,4,6-11H2,1-2H3,(H,23,24)/t13-,14+,20?,21?. The van der Waals surface area contributed by atoms with Crippen LogP contribution in [-0.4, -0.2) is 36.3 Å². The number of ether oxygens (including phenoxy) is 2. The van der Waals surface area contributed by atoms with Crippen molar-refractivity contribution in [3.8, 4) is 5.75 Å². The van der Waals surface area contributed by atoms with E-state index in [0.717, 1.165) is 37.7 Å². The summed E-state index contributed by atoms with van der Waals surface area (Å²) >= 11 is 6.08. The Morgan fingerprint density at radius 2 is 1.93 bits per heavy atom. The molecule has 0 aliphatic heterocycles. The van der Waals surface area contributed by atoms with Crippen LogP contribution in [0.15, 0.2) is 12.1 Å². The van der Waals surface area contributed by atoms with Gasteiger partial charge in [0.2, 0.25) is 0 Å². The highest BCUT2D eigenvalue weighted by molar-refractivity contribution is 6.31. The largest absolute Gasteiger partial charge is 0.495 e. The minimum atomic E-state index is -0.737. The van der Waals surface area contributed by atoms with Crippen molar-refractivity contribution in [1.82, 2.24) is 0 Å². The van der Waals surface area contributed by atoms with Crippen molar-refractivity contribution in [2.45, 2.75) is 51.0 Å². The van der Waals surface area contributed by atoms with E-state index in [-0.39, 0.29) is 12.6 Å². The smallest absolute Gasteiger partial charge is 0.312 e. The molecule has 2 N–H and O–H groups in total. The summed E-state index contributed by atoms with van der Waals surface area (Å²) in [4.78, 5) is 25.2. The molecule has 0 heterocycles. The van der Waals surface area contributed by atoms with Crippen molar-refractivity contribution < 1.29 is 24.2 Å². The Kier molecular flexibility index (Phi) is 4.82. The number of carbonyl (C=O) groups is 2. The monoisotopic (exact) mass is 407 g/mol. The molecule has 1 aromatic carbocycles. The number of anilines is 1. The first-order valence-corrected chi connectivity index (χ1v) is 10.1. The molecule has 1 aromatic rings. The van der Waals surface area contributed by atoms with Crippen molar-refractivity contribution >= 4 is 29.2 Å². The molecule has 6 nitrogen and oxygen atoms in total.